The summed E-state index contributed by atoms with van der Waals surface area (Å²) in [6.45, 7) is 4.87. The largest absolute Gasteiger partial charge is 0.343 e. The average molecular weight is 460 g/mol. The van der Waals surface area contributed by atoms with Crippen molar-refractivity contribution >= 4 is 17.8 Å². The van der Waals surface area contributed by atoms with Gasteiger partial charge in [-0.05, 0) is 37.7 Å². The Morgan fingerprint density at radius 2 is 1.88 bits per heavy atom. The van der Waals surface area contributed by atoms with Crippen LogP contribution in [0.5, 0.6) is 0 Å². The minimum atomic E-state index is -2.54. The lowest BCUT2D eigenvalue weighted by atomic mass is 9.92. The summed E-state index contributed by atoms with van der Waals surface area (Å²) in [7, 11) is 1.81. The number of anilines is 2. The summed E-state index contributed by atoms with van der Waals surface area (Å²) in [6, 6.07) is 1.83. The molecule has 0 aromatic carbocycles. The number of hydrogen-bond acceptors (Lipinski definition) is 5. The van der Waals surface area contributed by atoms with Gasteiger partial charge in [-0.25, -0.2) is 23.5 Å². The van der Waals surface area contributed by atoms with Crippen molar-refractivity contribution in [3.63, 3.8) is 0 Å². The summed E-state index contributed by atoms with van der Waals surface area (Å²) >= 11 is 0. The van der Waals surface area contributed by atoms with Crippen LogP contribution in [0.25, 0.3) is 0 Å². The highest BCUT2D eigenvalue weighted by Crippen LogP contribution is 2.48. The third kappa shape index (κ3) is 4.15. The first kappa shape index (κ1) is 22.0. The molecule has 0 spiro atoms. The van der Waals surface area contributed by atoms with Crippen molar-refractivity contribution in [3.8, 4) is 0 Å². The lowest BCUT2D eigenvalue weighted by Crippen LogP contribution is -2.38. The SMILES string of the molecule is CC(C)C1CN(C)C(=O)N1c1ccnc(NC2(c3cn(C4CCC(F)(F)CC4)cn3)CC2)n1. The predicted octanol–water partition coefficient (Wildman–Crippen LogP) is 4.42. The molecule has 3 aliphatic rings. The summed E-state index contributed by atoms with van der Waals surface area (Å²) in [6.07, 6.45) is 7.97. The van der Waals surface area contributed by atoms with Crippen LogP contribution in [0.4, 0.5) is 25.3 Å². The zero-order valence-electron chi connectivity index (χ0n) is 19.3. The van der Waals surface area contributed by atoms with E-state index in [2.05, 4.69) is 34.1 Å². The van der Waals surface area contributed by atoms with E-state index in [4.69, 9.17) is 0 Å². The number of halogens is 2. The number of rotatable bonds is 6. The average Bonchev–Trinajstić information content (AvgIpc) is 3.24. The van der Waals surface area contributed by atoms with Crippen molar-refractivity contribution < 1.29 is 13.6 Å². The number of nitrogens with one attached hydrogen (secondary N) is 1. The van der Waals surface area contributed by atoms with Crippen LogP contribution in [-0.2, 0) is 5.54 Å². The van der Waals surface area contributed by atoms with Gasteiger partial charge in [0.1, 0.15) is 5.82 Å². The summed E-state index contributed by atoms with van der Waals surface area (Å²) in [4.78, 5) is 29.9. The molecular weight excluding hydrogens is 428 g/mol. The molecule has 1 atom stereocenters. The van der Waals surface area contributed by atoms with Gasteiger partial charge in [-0.3, -0.25) is 4.90 Å². The lowest BCUT2D eigenvalue weighted by Gasteiger charge is -2.29. The second-order valence-electron chi connectivity index (χ2n) is 10.1. The van der Waals surface area contributed by atoms with E-state index < -0.39 is 5.92 Å². The van der Waals surface area contributed by atoms with Gasteiger partial charge >= 0.3 is 6.03 Å². The number of alkyl halides is 2. The molecule has 3 heterocycles. The molecule has 1 aliphatic heterocycles. The fraction of sp³-hybridized carbons (Fsp3) is 0.652. The van der Waals surface area contributed by atoms with Gasteiger partial charge in [0.05, 0.1) is 23.6 Å². The summed E-state index contributed by atoms with van der Waals surface area (Å²) in [5.74, 6) is -1.20. The van der Waals surface area contributed by atoms with E-state index in [-0.39, 0.29) is 36.5 Å². The molecule has 1 N–H and O–H groups in total. The molecule has 10 heteroatoms. The Kier molecular flexibility index (Phi) is 5.29. The minimum Gasteiger partial charge on any atom is -0.343 e. The number of carbonyl (C=O) groups excluding carboxylic acids is 1. The van der Waals surface area contributed by atoms with Gasteiger partial charge < -0.3 is 14.8 Å². The van der Waals surface area contributed by atoms with E-state index in [0.29, 0.717) is 37.1 Å². The zero-order chi connectivity index (χ0) is 23.4. The molecule has 2 aromatic rings. The van der Waals surface area contributed by atoms with Gasteiger partial charge in [-0.2, -0.15) is 4.98 Å². The molecule has 2 aliphatic carbocycles. The maximum Gasteiger partial charge on any atom is 0.325 e. The highest BCUT2D eigenvalue weighted by atomic mass is 19.3. The summed E-state index contributed by atoms with van der Waals surface area (Å²) in [5.41, 5.74) is 0.525. The van der Waals surface area contributed by atoms with Crippen LogP contribution in [0.1, 0.15) is 64.1 Å². The number of hydrogen-bond donors (Lipinski definition) is 1. The molecule has 33 heavy (non-hydrogen) atoms. The van der Waals surface area contributed by atoms with Crippen LogP contribution >= 0.6 is 0 Å². The van der Waals surface area contributed by atoms with Crippen molar-refractivity contribution in [2.24, 2.45) is 5.92 Å². The van der Waals surface area contributed by atoms with E-state index in [1.807, 2.05) is 10.8 Å². The predicted molar refractivity (Wildman–Crippen MR) is 120 cm³/mol. The van der Waals surface area contributed by atoms with Gasteiger partial charge in [-0.1, -0.05) is 13.8 Å². The van der Waals surface area contributed by atoms with Crippen molar-refractivity contribution in [3.05, 3.63) is 30.5 Å². The van der Waals surface area contributed by atoms with Gasteiger partial charge in [-0.15, -0.1) is 0 Å². The standard InChI is InChI=1S/C23H31F2N7O/c1-15(2)17-12-30(3)21(33)32(17)19-6-11-26-20(28-19)29-22(9-10-22)18-13-31(14-27-18)16-4-7-23(24,25)8-5-16/h6,11,13-17H,4-5,7-10,12H2,1-3H3,(H,26,28,29). The lowest BCUT2D eigenvalue weighted by molar-refractivity contribution is -0.0439. The molecule has 3 fully saturated rings. The maximum atomic E-state index is 13.5. The van der Waals surface area contributed by atoms with Crippen LogP contribution in [0.3, 0.4) is 0 Å². The first-order valence-electron chi connectivity index (χ1n) is 11.7. The zero-order valence-corrected chi connectivity index (χ0v) is 19.3. The maximum absolute atomic E-state index is 13.5. The number of likely N-dealkylation sites (N-methyl/N-ethyl adjacent to an activating group) is 1. The normalized spacial score (nSPS) is 24.5. The highest BCUT2D eigenvalue weighted by Gasteiger charge is 2.48. The minimum absolute atomic E-state index is 0.0544. The van der Waals surface area contributed by atoms with Crippen molar-refractivity contribution in [1.82, 2.24) is 24.4 Å². The Morgan fingerprint density at radius 3 is 2.55 bits per heavy atom. The molecule has 0 bridgehead atoms. The van der Waals surface area contributed by atoms with Crippen LogP contribution in [0.15, 0.2) is 24.8 Å². The number of aromatic nitrogens is 4. The Bertz CT molecular complexity index is 1030. The van der Waals surface area contributed by atoms with E-state index in [1.54, 1.807) is 35.4 Å². The molecule has 2 amide bonds. The number of nitrogens with zero attached hydrogens (tertiary/aromatic N) is 6. The van der Waals surface area contributed by atoms with Gasteiger partial charge in [0, 0.05) is 44.9 Å². The number of urea groups is 1. The molecular formula is C23H31F2N7O. The monoisotopic (exact) mass is 459 g/mol. The van der Waals surface area contributed by atoms with Gasteiger partial charge in [0.2, 0.25) is 11.9 Å². The smallest absolute Gasteiger partial charge is 0.325 e. The first-order chi connectivity index (χ1) is 15.7. The number of imidazole rings is 1. The molecule has 2 saturated carbocycles. The van der Waals surface area contributed by atoms with E-state index in [1.165, 1.54) is 0 Å². The third-order valence-electron chi connectivity index (χ3n) is 7.28. The quantitative estimate of drug-likeness (QED) is 0.692. The second-order valence-corrected chi connectivity index (χ2v) is 10.1. The number of amides is 2. The van der Waals surface area contributed by atoms with Gasteiger partial charge in [0.25, 0.3) is 0 Å². The molecule has 5 rings (SSSR count). The van der Waals surface area contributed by atoms with Crippen LogP contribution in [0, 0.1) is 5.92 Å². The Hall–Kier alpha value is -2.78. The highest BCUT2D eigenvalue weighted by molar-refractivity contribution is 5.94. The molecule has 178 valence electrons. The fourth-order valence-electron chi connectivity index (χ4n) is 4.98. The van der Waals surface area contributed by atoms with E-state index in [9.17, 15) is 13.6 Å². The van der Waals surface area contributed by atoms with E-state index >= 15 is 0 Å². The second kappa shape index (κ2) is 7.92. The van der Waals surface area contributed by atoms with Crippen molar-refractivity contribution in [1.29, 1.82) is 0 Å². The first-order valence-corrected chi connectivity index (χ1v) is 11.7. The summed E-state index contributed by atoms with van der Waals surface area (Å²) < 4.78 is 29.0. The molecule has 2 aromatic heterocycles. The van der Waals surface area contributed by atoms with Crippen LogP contribution in [0.2, 0.25) is 0 Å². The van der Waals surface area contributed by atoms with Crippen molar-refractivity contribution in [2.45, 2.75) is 75.9 Å². The molecule has 8 nitrogen and oxygen atoms in total. The topological polar surface area (TPSA) is 79.2 Å². The Labute approximate surface area is 192 Å². The molecule has 1 unspecified atom stereocenters. The Morgan fingerprint density at radius 1 is 1.15 bits per heavy atom. The van der Waals surface area contributed by atoms with Crippen LogP contribution in [-0.4, -0.2) is 56.0 Å². The van der Waals surface area contributed by atoms with Crippen LogP contribution < -0.4 is 10.2 Å². The number of carbonyl (C=O) groups is 1. The van der Waals surface area contributed by atoms with E-state index in [0.717, 1.165) is 18.5 Å². The van der Waals surface area contributed by atoms with Crippen molar-refractivity contribution in [2.75, 3.05) is 23.8 Å². The molecule has 1 saturated heterocycles. The Balaban J connectivity index is 1.32. The molecule has 0 radical (unpaired) electrons. The third-order valence-corrected chi connectivity index (χ3v) is 7.28. The summed E-state index contributed by atoms with van der Waals surface area (Å²) in [5, 5.41) is 3.44. The fourth-order valence-corrected chi connectivity index (χ4v) is 4.98. The van der Waals surface area contributed by atoms with Gasteiger partial charge in [0.15, 0.2) is 0 Å².